The van der Waals surface area contributed by atoms with Crippen molar-refractivity contribution in [3.05, 3.63) is 160 Å². The van der Waals surface area contributed by atoms with Crippen molar-refractivity contribution < 1.29 is 23.8 Å². The molecule has 0 fully saturated rings. The fourth-order valence-electron chi connectivity index (χ4n) is 8.40. The predicted octanol–water partition coefficient (Wildman–Crippen LogP) is 9.44. The summed E-state index contributed by atoms with van der Waals surface area (Å²) in [6.45, 7) is 10.7. The van der Waals surface area contributed by atoms with Crippen LogP contribution in [0.5, 0.6) is 11.5 Å². The van der Waals surface area contributed by atoms with Crippen LogP contribution in [0.15, 0.2) is 109 Å². The largest absolute Gasteiger partial charge is 0.508 e. The number of carbonyl (C=O) groups excluding carboxylic acids is 2. The number of aromatic hydroxyl groups is 1. The molecule has 0 radical (unpaired) electrons. The highest BCUT2D eigenvalue weighted by atomic mass is 19.1. The van der Waals surface area contributed by atoms with E-state index in [0.29, 0.717) is 54.4 Å². The van der Waals surface area contributed by atoms with Crippen molar-refractivity contribution in [3.8, 4) is 22.8 Å². The van der Waals surface area contributed by atoms with Gasteiger partial charge in [-0.15, -0.1) is 0 Å². The summed E-state index contributed by atoms with van der Waals surface area (Å²) in [5.74, 6) is 0.229. The maximum atomic E-state index is 15.4. The number of hydrogen-bond donors (Lipinski definition) is 2. The minimum absolute atomic E-state index is 0.0510. The van der Waals surface area contributed by atoms with Gasteiger partial charge in [-0.25, -0.2) is 4.39 Å². The standard InChI is InChI=1S/C50H55FN6O4/c1-7-21-61-44-18-13-37(48(51)26-44)23-40(8-2)56-20-19-36-24-47(45(25-39(36)30-56)33(3)22-35-11-9-10-12-38(35)28-52-32-58)49-27-46(34(4)55(49)6)50(60)57(42-29-53-54(5)31-42)41-14-16-43(59)17-15-41/h8-18,24-27,29,31-33,59H,7,19-23,28,30H2,1-6H3,(H,52,58). The SMILES string of the molecule is CC=C(Cc1ccc(OCCC)cc1F)N1CCc2cc(-c3cc(C(=O)N(c4ccc(O)cc4)c4cnn(C)c4)c(C)n3C)c(C(C)Cc3ccccc3CNC=O)cc2C1. The maximum absolute atomic E-state index is 15.4. The van der Waals surface area contributed by atoms with Gasteiger partial charge in [0.1, 0.15) is 17.3 Å². The van der Waals surface area contributed by atoms with Crippen molar-refractivity contribution in [3.63, 3.8) is 0 Å². The van der Waals surface area contributed by atoms with Crippen LogP contribution < -0.4 is 15.0 Å². The van der Waals surface area contributed by atoms with Gasteiger partial charge in [0.15, 0.2) is 0 Å². The van der Waals surface area contributed by atoms with E-state index in [4.69, 9.17) is 4.74 Å². The molecule has 1 aliphatic heterocycles. The molecule has 0 saturated carbocycles. The number of hydrogen-bond acceptors (Lipinski definition) is 6. The fraction of sp³-hybridized carbons (Fsp3) is 0.300. The molecular weight excluding hydrogens is 768 g/mol. The van der Waals surface area contributed by atoms with Crippen molar-refractivity contribution in [2.45, 2.75) is 72.4 Å². The quantitative estimate of drug-likeness (QED) is 0.0944. The van der Waals surface area contributed by atoms with E-state index in [1.165, 1.54) is 17.2 Å². The van der Waals surface area contributed by atoms with Crippen molar-refractivity contribution >= 4 is 23.7 Å². The van der Waals surface area contributed by atoms with E-state index >= 15 is 4.39 Å². The Balaban J connectivity index is 1.27. The molecule has 0 aliphatic carbocycles. The molecule has 316 valence electrons. The monoisotopic (exact) mass is 822 g/mol. The Morgan fingerprint density at radius 2 is 1.77 bits per heavy atom. The number of anilines is 2. The molecule has 1 atom stereocenters. The molecule has 0 saturated heterocycles. The summed E-state index contributed by atoms with van der Waals surface area (Å²) in [4.78, 5) is 30.0. The number of benzene rings is 4. The lowest BCUT2D eigenvalue weighted by atomic mass is 9.83. The Bertz CT molecular complexity index is 2560. The number of fused-ring (bicyclic) bond motifs is 1. The maximum Gasteiger partial charge on any atom is 0.264 e. The van der Waals surface area contributed by atoms with Gasteiger partial charge in [0.2, 0.25) is 6.41 Å². The number of nitrogens with zero attached hydrogens (tertiary/aromatic N) is 5. The Kier molecular flexibility index (Phi) is 13.1. The first kappa shape index (κ1) is 42.5. The molecule has 2 N–H and O–H groups in total. The van der Waals surface area contributed by atoms with E-state index in [-0.39, 0.29) is 23.4 Å². The van der Waals surface area contributed by atoms with Gasteiger partial charge >= 0.3 is 0 Å². The Labute approximate surface area is 357 Å². The number of amides is 2. The number of aromatic nitrogens is 3. The number of rotatable bonds is 16. The molecule has 2 aromatic heterocycles. The van der Waals surface area contributed by atoms with Crippen LogP contribution in [0, 0.1) is 12.7 Å². The zero-order valence-corrected chi connectivity index (χ0v) is 35.9. The summed E-state index contributed by atoms with van der Waals surface area (Å²) < 4.78 is 24.8. The fourth-order valence-corrected chi connectivity index (χ4v) is 8.40. The van der Waals surface area contributed by atoms with Gasteiger partial charge in [0.25, 0.3) is 5.91 Å². The Morgan fingerprint density at radius 1 is 1.00 bits per heavy atom. The third kappa shape index (κ3) is 9.26. The summed E-state index contributed by atoms with van der Waals surface area (Å²) in [6.07, 6.45) is 9.13. The summed E-state index contributed by atoms with van der Waals surface area (Å²) >= 11 is 0. The minimum atomic E-state index is -0.267. The van der Waals surface area contributed by atoms with Crippen LogP contribution in [0.25, 0.3) is 11.3 Å². The zero-order valence-electron chi connectivity index (χ0n) is 35.9. The van der Waals surface area contributed by atoms with Gasteiger partial charge in [-0.3, -0.25) is 19.2 Å². The van der Waals surface area contributed by atoms with Gasteiger partial charge in [-0.05, 0) is 115 Å². The first-order valence-electron chi connectivity index (χ1n) is 21.0. The zero-order chi connectivity index (χ0) is 43.2. The van der Waals surface area contributed by atoms with E-state index in [1.807, 2.05) is 65.2 Å². The highest BCUT2D eigenvalue weighted by Crippen LogP contribution is 2.39. The lowest BCUT2D eigenvalue weighted by Crippen LogP contribution is -2.31. The predicted molar refractivity (Wildman–Crippen MR) is 239 cm³/mol. The smallest absolute Gasteiger partial charge is 0.264 e. The van der Waals surface area contributed by atoms with Gasteiger partial charge < -0.3 is 24.6 Å². The number of phenolic OH excluding ortho intramolecular Hbond substituents is 1. The lowest BCUT2D eigenvalue weighted by molar-refractivity contribution is -0.109. The van der Waals surface area contributed by atoms with Crippen LogP contribution in [0.4, 0.5) is 15.8 Å². The van der Waals surface area contributed by atoms with E-state index in [1.54, 1.807) is 46.2 Å². The highest BCUT2D eigenvalue weighted by molar-refractivity contribution is 6.12. The number of carbonyl (C=O) groups is 2. The number of ether oxygens (including phenoxy) is 1. The average Bonchev–Trinajstić information content (AvgIpc) is 3.82. The van der Waals surface area contributed by atoms with Gasteiger partial charge in [-0.1, -0.05) is 56.3 Å². The number of nitrogens with one attached hydrogen (secondary N) is 1. The normalized spacial score (nSPS) is 13.2. The molecule has 1 unspecified atom stereocenters. The number of phenols is 1. The molecule has 10 nitrogen and oxygen atoms in total. The highest BCUT2D eigenvalue weighted by Gasteiger charge is 2.29. The molecule has 6 aromatic rings. The van der Waals surface area contributed by atoms with Crippen LogP contribution in [0.1, 0.15) is 82.5 Å². The number of halogens is 1. The van der Waals surface area contributed by atoms with Gasteiger partial charge in [0, 0.05) is 80.7 Å². The van der Waals surface area contributed by atoms with Gasteiger partial charge in [-0.2, -0.15) is 5.10 Å². The molecule has 7 rings (SSSR count). The summed E-state index contributed by atoms with van der Waals surface area (Å²) in [7, 11) is 3.82. The van der Waals surface area contributed by atoms with Crippen LogP contribution in [-0.2, 0) is 51.2 Å². The molecule has 61 heavy (non-hydrogen) atoms. The molecule has 2 amide bonds. The van der Waals surface area contributed by atoms with Crippen molar-refractivity contribution in [2.75, 3.05) is 18.1 Å². The van der Waals surface area contributed by atoms with Crippen molar-refractivity contribution in [2.24, 2.45) is 14.1 Å². The third-order valence-corrected chi connectivity index (χ3v) is 11.8. The Morgan fingerprint density at radius 3 is 2.46 bits per heavy atom. The van der Waals surface area contributed by atoms with E-state index < -0.39 is 0 Å². The van der Waals surface area contributed by atoms with Crippen LogP contribution in [0.2, 0.25) is 0 Å². The Hall–Kier alpha value is -6.62. The third-order valence-electron chi connectivity index (χ3n) is 11.8. The number of allylic oxidation sites excluding steroid dienone is 2. The van der Waals surface area contributed by atoms with E-state index in [9.17, 15) is 14.7 Å². The van der Waals surface area contributed by atoms with Gasteiger partial charge in [0.05, 0.1) is 24.1 Å². The summed E-state index contributed by atoms with van der Waals surface area (Å²) in [5, 5.41) is 17.3. The molecule has 1 aliphatic rings. The first-order valence-corrected chi connectivity index (χ1v) is 21.0. The van der Waals surface area contributed by atoms with Crippen molar-refractivity contribution in [1.82, 2.24) is 24.6 Å². The van der Waals surface area contributed by atoms with E-state index in [2.05, 4.69) is 57.1 Å². The molecular formula is C50H55FN6O4. The lowest BCUT2D eigenvalue weighted by Gasteiger charge is -2.34. The second kappa shape index (κ2) is 18.8. The van der Waals surface area contributed by atoms with E-state index in [0.717, 1.165) is 71.6 Å². The first-order chi connectivity index (χ1) is 29.5. The van der Waals surface area contributed by atoms with Crippen LogP contribution >= 0.6 is 0 Å². The molecule has 3 heterocycles. The van der Waals surface area contributed by atoms with Crippen LogP contribution in [0.3, 0.4) is 0 Å². The molecule has 4 aromatic carbocycles. The van der Waals surface area contributed by atoms with Crippen LogP contribution in [-0.4, -0.2) is 49.8 Å². The minimum Gasteiger partial charge on any atom is -0.508 e. The summed E-state index contributed by atoms with van der Waals surface area (Å²) in [5.41, 5.74) is 12.1. The summed E-state index contributed by atoms with van der Waals surface area (Å²) in [6, 6.07) is 26.6. The second-order valence-corrected chi connectivity index (χ2v) is 15.9. The average molecular weight is 823 g/mol. The molecule has 11 heteroatoms. The second-order valence-electron chi connectivity index (χ2n) is 15.9. The molecule has 0 spiro atoms. The topological polar surface area (TPSA) is 105 Å². The van der Waals surface area contributed by atoms with Crippen molar-refractivity contribution in [1.29, 1.82) is 0 Å². The molecule has 0 bridgehead atoms. The number of aryl methyl sites for hydroxylation is 1.